The average Bonchev–Trinajstić information content (AvgIpc) is 2.36. The Morgan fingerprint density at radius 2 is 2.05 bits per heavy atom. The Bertz CT molecular complexity index is 465. The first-order valence-electron chi connectivity index (χ1n) is 5.95. The molecule has 6 heteroatoms. The number of carbonyl (C=O) groups is 2. The van der Waals surface area contributed by atoms with Crippen molar-refractivity contribution in [1.29, 1.82) is 0 Å². The van der Waals surface area contributed by atoms with Crippen molar-refractivity contribution in [1.82, 2.24) is 4.90 Å². The van der Waals surface area contributed by atoms with E-state index in [4.69, 9.17) is 5.11 Å². The minimum Gasteiger partial charge on any atom is -0.480 e. The number of carbonyl (C=O) groups excluding carboxylic acids is 1. The van der Waals surface area contributed by atoms with Gasteiger partial charge in [-0.1, -0.05) is 13.0 Å². The highest BCUT2D eigenvalue weighted by molar-refractivity contribution is 5.93. The van der Waals surface area contributed by atoms with Gasteiger partial charge in [0.15, 0.2) is 0 Å². The first-order chi connectivity index (χ1) is 8.95. The molecule has 1 aromatic carbocycles. The van der Waals surface area contributed by atoms with E-state index in [1.807, 2.05) is 6.92 Å². The maximum Gasteiger partial charge on any atom is 0.324 e. The SMILES string of the molecule is CCCN(CC(=O)O)C(=O)N(C)c1cccc(F)c1. The zero-order valence-corrected chi connectivity index (χ0v) is 11.0. The quantitative estimate of drug-likeness (QED) is 0.890. The maximum absolute atomic E-state index is 13.1. The molecule has 1 rings (SSSR count). The number of nitrogens with zero attached hydrogens (tertiary/aromatic N) is 2. The number of halogens is 1. The Morgan fingerprint density at radius 1 is 1.37 bits per heavy atom. The van der Waals surface area contributed by atoms with Crippen molar-refractivity contribution in [3.63, 3.8) is 0 Å². The van der Waals surface area contributed by atoms with Gasteiger partial charge in [0.1, 0.15) is 12.4 Å². The average molecular weight is 268 g/mol. The number of rotatable bonds is 5. The van der Waals surface area contributed by atoms with Crippen LogP contribution in [0.25, 0.3) is 0 Å². The zero-order chi connectivity index (χ0) is 14.4. The fraction of sp³-hybridized carbons (Fsp3) is 0.385. The van der Waals surface area contributed by atoms with Crippen LogP contribution in [0.3, 0.4) is 0 Å². The van der Waals surface area contributed by atoms with Gasteiger partial charge in [0, 0.05) is 19.3 Å². The molecular formula is C13H17FN2O3. The van der Waals surface area contributed by atoms with Crippen LogP contribution in [0, 0.1) is 5.82 Å². The molecule has 0 atom stereocenters. The van der Waals surface area contributed by atoms with Crippen molar-refractivity contribution in [2.45, 2.75) is 13.3 Å². The van der Waals surface area contributed by atoms with Crippen molar-refractivity contribution in [3.05, 3.63) is 30.1 Å². The third kappa shape index (κ3) is 4.24. The highest BCUT2D eigenvalue weighted by Crippen LogP contribution is 2.15. The number of urea groups is 1. The second kappa shape index (κ2) is 6.72. The molecule has 0 aliphatic heterocycles. The van der Waals surface area contributed by atoms with Gasteiger partial charge in [-0.2, -0.15) is 0 Å². The van der Waals surface area contributed by atoms with E-state index in [9.17, 15) is 14.0 Å². The van der Waals surface area contributed by atoms with E-state index >= 15 is 0 Å². The molecule has 0 spiro atoms. The van der Waals surface area contributed by atoms with E-state index in [1.165, 1.54) is 35.0 Å². The summed E-state index contributed by atoms with van der Waals surface area (Å²) < 4.78 is 13.1. The maximum atomic E-state index is 13.1. The molecule has 0 saturated heterocycles. The Labute approximate surface area is 111 Å². The number of aliphatic carboxylic acids is 1. The Morgan fingerprint density at radius 3 is 2.58 bits per heavy atom. The minimum atomic E-state index is -1.07. The fourth-order valence-electron chi connectivity index (χ4n) is 1.68. The molecule has 0 radical (unpaired) electrons. The van der Waals surface area contributed by atoms with Crippen molar-refractivity contribution in [2.75, 3.05) is 25.0 Å². The summed E-state index contributed by atoms with van der Waals surface area (Å²) >= 11 is 0. The summed E-state index contributed by atoms with van der Waals surface area (Å²) in [5.41, 5.74) is 0.386. The van der Waals surface area contributed by atoms with Crippen LogP contribution in [0.5, 0.6) is 0 Å². The molecule has 1 N–H and O–H groups in total. The first-order valence-corrected chi connectivity index (χ1v) is 5.95. The van der Waals surface area contributed by atoms with Gasteiger partial charge < -0.3 is 10.0 Å². The topological polar surface area (TPSA) is 60.9 Å². The number of amides is 2. The van der Waals surface area contributed by atoms with Gasteiger partial charge in [0.05, 0.1) is 0 Å². The summed E-state index contributed by atoms with van der Waals surface area (Å²) in [5, 5.41) is 8.78. The third-order valence-electron chi connectivity index (χ3n) is 2.57. The number of hydrogen-bond acceptors (Lipinski definition) is 2. The molecule has 5 nitrogen and oxygen atoms in total. The van der Waals surface area contributed by atoms with Crippen molar-refractivity contribution in [2.24, 2.45) is 0 Å². The van der Waals surface area contributed by atoms with Crippen molar-refractivity contribution >= 4 is 17.7 Å². The highest BCUT2D eigenvalue weighted by atomic mass is 19.1. The molecule has 0 aliphatic rings. The van der Waals surface area contributed by atoms with Gasteiger partial charge in [-0.25, -0.2) is 9.18 Å². The lowest BCUT2D eigenvalue weighted by atomic mass is 10.3. The largest absolute Gasteiger partial charge is 0.480 e. The van der Waals surface area contributed by atoms with Crippen LogP contribution in [0.2, 0.25) is 0 Å². The predicted octanol–water partition coefficient (Wildman–Crippen LogP) is 2.18. The lowest BCUT2D eigenvalue weighted by Crippen LogP contribution is -2.44. The second-order valence-corrected chi connectivity index (χ2v) is 4.14. The fourth-order valence-corrected chi connectivity index (χ4v) is 1.68. The molecule has 0 bridgehead atoms. The summed E-state index contributed by atoms with van der Waals surface area (Å²) in [5.74, 6) is -1.52. The van der Waals surface area contributed by atoms with Crippen LogP contribution in [-0.2, 0) is 4.79 Å². The molecule has 2 amide bonds. The summed E-state index contributed by atoms with van der Waals surface area (Å²) in [6, 6.07) is 5.13. The van der Waals surface area contributed by atoms with E-state index in [0.717, 1.165) is 0 Å². The van der Waals surface area contributed by atoms with Gasteiger partial charge in [-0.05, 0) is 24.6 Å². The minimum absolute atomic E-state index is 0.338. The summed E-state index contributed by atoms with van der Waals surface area (Å²) in [6.45, 7) is 1.82. The zero-order valence-electron chi connectivity index (χ0n) is 11.0. The van der Waals surface area contributed by atoms with E-state index < -0.39 is 17.8 Å². The van der Waals surface area contributed by atoms with Gasteiger partial charge in [0.25, 0.3) is 0 Å². The lowest BCUT2D eigenvalue weighted by Gasteiger charge is -2.26. The molecule has 104 valence electrons. The molecule has 19 heavy (non-hydrogen) atoms. The number of carboxylic acids is 1. The number of anilines is 1. The van der Waals surface area contributed by atoms with Crippen LogP contribution >= 0.6 is 0 Å². The Hall–Kier alpha value is -2.11. The number of benzene rings is 1. The second-order valence-electron chi connectivity index (χ2n) is 4.14. The van der Waals surface area contributed by atoms with E-state index in [2.05, 4.69) is 0 Å². The molecule has 0 aromatic heterocycles. The number of hydrogen-bond donors (Lipinski definition) is 1. The molecule has 0 fully saturated rings. The summed E-state index contributed by atoms with van der Waals surface area (Å²) in [6.07, 6.45) is 0.649. The number of carboxylic acid groups (broad SMARTS) is 1. The molecule has 0 saturated carbocycles. The Balaban J connectivity index is 2.86. The van der Waals surface area contributed by atoms with E-state index in [1.54, 1.807) is 6.07 Å². The van der Waals surface area contributed by atoms with Crippen LogP contribution < -0.4 is 4.90 Å². The van der Waals surface area contributed by atoms with Gasteiger partial charge >= 0.3 is 12.0 Å². The van der Waals surface area contributed by atoms with E-state index in [0.29, 0.717) is 18.7 Å². The molecular weight excluding hydrogens is 251 g/mol. The third-order valence-corrected chi connectivity index (χ3v) is 2.57. The summed E-state index contributed by atoms with van der Waals surface area (Å²) in [7, 11) is 1.49. The lowest BCUT2D eigenvalue weighted by molar-refractivity contribution is -0.137. The standard InChI is InChI=1S/C13H17FN2O3/c1-3-7-16(9-12(17)18)13(19)15(2)11-6-4-5-10(14)8-11/h4-6,8H,3,7,9H2,1-2H3,(H,17,18). The predicted molar refractivity (Wildman–Crippen MR) is 69.7 cm³/mol. The van der Waals surface area contributed by atoms with Gasteiger partial charge in [-0.15, -0.1) is 0 Å². The van der Waals surface area contributed by atoms with E-state index in [-0.39, 0.29) is 6.54 Å². The van der Waals surface area contributed by atoms with Crippen LogP contribution in [0.4, 0.5) is 14.9 Å². The van der Waals surface area contributed by atoms with Gasteiger partial charge in [0.2, 0.25) is 0 Å². The smallest absolute Gasteiger partial charge is 0.324 e. The molecule has 0 unspecified atom stereocenters. The molecule has 0 aliphatic carbocycles. The van der Waals surface area contributed by atoms with Gasteiger partial charge in [-0.3, -0.25) is 9.69 Å². The van der Waals surface area contributed by atoms with Crippen molar-refractivity contribution in [3.8, 4) is 0 Å². The molecule has 0 heterocycles. The Kier molecular flexibility index (Phi) is 5.29. The monoisotopic (exact) mass is 268 g/mol. The summed E-state index contributed by atoms with van der Waals surface area (Å²) in [4.78, 5) is 25.3. The first kappa shape index (κ1) is 14.9. The van der Waals surface area contributed by atoms with Crippen LogP contribution in [-0.4, -0.2) is 42.1 Å². The highest BCUT2D eigenvalue weighted by Gasteiger charge is 2.20. The molecule has 1 aromatic rings. The van der Waals surface area contributed by atoms with Crippen molar-refractivity contribution < 1.29 is 19.1 Å². The normalized spacial score (nSPS) is 10.1. The van der Waals surface area contributed by atoms with Crippen LogP contribution in [0.15, 0.2) is 24.3 Å². The van der Waals surface area contributed by atoms with Crippen LogP contribution in [0.1, 0.15) is 13.3 Å².